The zero-order valence-electron chi connectivity index (χ0n) is 5.56. The second-order valence-electron chi connectivity index (χ2n) is 1.82. The van der Waals surface area contributed by atoms with Gasteiger partial charge in [-0.2, -0.15) is 0 Å². The van der Waals surface area contributed by atoms with Gasteiger partial charge in [-0.05, 0) is 12.1 Å². The van der Waals surface area contributed by atoms with Crippen LogP contribution < -0.4 is 0 Å². The van der Waals surface area contributed by atoms with Crippen LogP contribution in [-0.4, -0.2) is 35.5 Å². The van der Waals surface area contributed by atoms with Crippen molar-refractivity contribution in [1.29, 1.82) is 0 Å². The first-order chi connectivity index (χ1) is 5.34. The Morgan fingerprint density at radius 1 is 1.25 bits per heavy atom. The Hall–Kier alpha value is -0.710. The van der Waals surface area contributed by atoms with E-state index in [4.69, 9.17) is 0 Å². The fraction of sp³-hybridized carbons (Fsp3) is 0. The van der Waals surface area contributed by atoms with Crippen LogP contribution in [0.4, 0.5) is 0 Å². The summed E-state index contributed by atoms with van der Waals surface area (Å²) < 4.78 is 0. The third kappa shape index (κ3) is 3.13. The Morgan fingerprint density at radius 2 is 1.83 bits per heavy atom. The van der Waals surface area contributed by atoms with Crippen molar-refractivity contribution in [2.24, 2.45) is 5.34 Å². The van der Waals surface area contributed by atoms with Gasteiger partial charge >= 0.3 is 35.5 Å². The summed E-state index contributed by atoms with van der Waals surface area (Å²) in [6.45, 7) is 0. The molecular weight excluding hydrogens is 169 g/mol. The van der Waals surface area contributed by atoms with E-state index in [1.165, 1.54) is 12.1 Å². The molecule has 0 spiro atoms. The van der Waals surface area contributed by atoms with Crippen molar-refractivity contribution in [3.63, 3.8) is 0 Å². The average Bonchev–Trinajstić information content (AvgIpc) is 2.07. The van der Waals surface area contributed by atoms with Crippen molar-refractivity contribution in [2.45, 2.75) is 0 Å². The number of carbonyl (C=O) groups is 1. The molecule has 0 aromatic heterocycles. The van der Waals surface area contributed by atoms with Crippen molar-refractivity contribution in [3.05, 3.63) is 40.8 Å². The molecule has 0 atom stereocenters. The van der Waals surface area contributed by atoms with E-state index in [0.29, 0.717) is 5.56 Å². The molecule has 1 rings (SSSR count). The van der Waals surface area contributed by atoms with Crippen molar-refractivity contribution in [2.75, 3.05) is 0 Å². The molecule has 0 amide bonds. The number of nitrogens with zero attached hydrogens (tertiary/aromatic N) is 1. The van der Waals surface area contributed by atoms with Gasteiger partial charge in [-0.1, -0.05) is 18.2 Å². The summed E-state index contributed by atoms with van der Waals surface area (Å²) >= 11 is 0. The van der Waals surface area contributed by atoms with Gasteiger partial charge in [0.15, 0.2) is 5.34 Å². The normalized spacial score (nSPS) is 8.00. The van der Waals surface area contributed by atoms with Crippen LogP contribution in [0.1, 0.15) is 10.4 Å². The Morgan fingerprint density at radius 3 is 2.33 bits per heavy atom. The summed E-state index contributed by atoms with van der Waals surface area (Å²) in [4.78, 5) is 24.1. The Bertz CT molecular complexity index is 263. The zero-order chi connectivity index (χ0) is 8.10. The van der Waals surface area contributed by atoms with Gasteiger partial charge in [-0.25, -0.2) is 4.79 Å². The molecule has 0 bridgehead atoms. The number of hydrogen-bond acceptors (Lipinski definition) is 4. The maximum absolute atomic E-state index is 10.7. The Balaban J connectivity index is 0.00000121. The molecule has 12 heavy (non-hydrogen) atoms. The summed E-state index contributed by atoms with van der Waals surface area (Å²) in [5, 5.41) is 2.01. The fourth-order valence-electron chi connectivity index (χ4n) is 0.661. The molecule has 1 aromatic carbocycles. The topological polar surface area (TPSA) is 55.7 Å². The van der Waals surface area contributed by atoms with Crippen LogP contribution in [0.2, 0.25) is 0 Å². The van der Waals surface area contributed by atoms with Crippen LogP contribution in [0.5, 0.6) is 0 Å². The first-order valence-corrected chi connectivity index (χ1v) is 2.93. The monoisotopic (exact) mass is 175 g/mol. The van der Waals surface area contributed by atoms with Crippen LogP contribution in [-0.2, 0) is 4.84 Å². The molecule has 0 unspecified atom stereocenters. The van der Waals surface area contributed by atoms with E-state index in [1.807, 2.05) is 5.34 Å². The third-order valence-electron chi connectivity index (χ3n) is 1.13. The van der Waals surface area contributed by atoms with E-state index in [9.17, 15) is 9.70 Å². The van der Waals surface area contributed by atoms with Gasteiger partial charge in [0, 0.05) is 0 Å². The van der Waals surface area contributed by atoms with Crippen LogP contribution in [0.25, 0.3) is 0 Å². The third-order valence-corrected chi connectivity index (χ3v) is 1.13. The fourth-order valence-corrected chi connectivity index (χ4v) is 0.661. The maximum atomic E-state index is 10.7. The van der Waals surface area contributed by atoms with E-state index in [0.717, 1.165) is 0 Å². The average molecular weight is 175 g/mol. The zero-order valence-corrected chi connectivity index (χ0v) is 5.56. The Kier molecular flexibility index (Phi) is 5.53. The molecule has 0 saturated heterocycles. The SMILES string of the molecule is O=NOC(=O)c1ccccc1.[NaH]. The van der Waals surface area contributed by atoms with E-state index < -0.39 is 5.97 Å². The van der Waals surface area contributed by atoms with Crippen LogP contribution in [0, 0.1) is 4.91 Å². The minimum absolute atomic E-state index is 0. The van der Waals surface area contributed by atoms with Crippen molar-refractivity contribution >= 4 is 35.5 Å². The molecule has 0 heterocycles. The molecule has 0 aliphatic heterocycles. The van der Waals surface area contributed by atoms with Gasteiger partial charge < -0.3 is 0 Å². The molecule has 0 N–H and O–H groups in total. The number of hydrogen-bond donors (Lipinski definition) is 0. The quantitative estimate of drug-likeness (QED) is 0.380. The molecule has 4 nitrogen and oxygen atoms in total. The van der Waals surface area contributed by atoms with Gasteiger partial charge in [0.2, 0.25) is 0 Å². The molecule has 0 aliphatic rings. The second-order valence-corrected chi connectivity index (χ2v) is 1.82. The van der Waals surface area contributed by atoms with Gasteiger partial charge in [-0.3, -0.25) is 4.84 Å². The van der Waals surface area contributed by atoms with E-state index in [-0.39, 0.29) is 29.6 Å². The standard InChI is InChI=1S/C7H5NO3.Na.H/c9-7(11-8-10)6-4-2-1-3-5-6;;/h1-5H;;. The molecule has 5 heteroatoms. The summed E-state index contributed by atoms with van der Waals surface area (Å²) in [7, 11) is 0. The van der Waals surface area contributed by atoms with Gasteiger partial charge in [-0.15, -0.1) is 4.91 Å². The van der Waals surface area contributed by atoms with Gasteiger partial charge in [0.05, 0.1) is 5.56 Å². The number of carbonyl (C=O) groups excluding carboxylic acids is 1. The first-order valence-electron chi connectivity index (χ1n) is 2.93. The predicted octanol–water partition coefficient (Wildman–Crippen LogP) is 0.876. The van der Waals surface area contributed by atoms with E-state index >= 15 is 0 Å². The molecule has 0 aliphatic carbocycles. The van der Waals surface area contributed by atoms with Crippen molar-refractivity contribution in [1.82, 2.24) is 0 Å². The van der Waals surface area contributed by atoms with Crippen molar-refractivity contribution in [3.8, 4) is 0 Å². The van der Waals surface area contributed by atoms with Crippen LogP contribution in [0.15, 0.2) is 35.7 Å². The van der Waals surface area contributed by atoms with Gasteiger partial charge in [0.1, 0.15) is 0 Å². The Labute approximate surface area is 91.1 Å². The molecule has 0 radical (unpaired) electrons. The van der Waals surface area contributed by atoms with Gasteiger partial charge in [0.25, 0.3) is 0 Å². The van der Waals surface area contributed by atoms with E-state index in [1.54, 1.807) is 18.2 Å². The number of benzene rings is 1. The summed E-state index contributed by atoms with van der Waals surface area (Å²) in [5.41, 5.74) is 0.312. The second kappa shape index (κ2) is 5.88. The van der Waals surface area contributed by atoms with Crippen molar-refractivity contribution < 1.29 is 9.63 Å². The molecule has 0 saturated carbocycles. The van der Waals surface area contributed by atoms with Crippen LogP contribution >= 0.6 is 0 Å². The summed E-state index contributed by atoms with van der Waals surface area (Å²) in [6.07, 6.45) is 0. The molecule has 58 valence electrons. The van der Waals surface area contributed by atoms with E-state index in [2.05, 4.69) is 4.84 Å². The van der Waals surface area contributed by atoms with Crippen LogP contribution in [0.3, 0.4) is 0 Å². The summed E-state index contributed by atoms with van der Waals surface area (Å²) in [6, 6.07) is 8.16. The molecular formula is C7H6NNaO3. The minimum atomic E-state index is -0.736. The molecule has 1 aromatic rings. The first kappa shape index (κ1) is 11.3. The molecule has 0 fully saturated rings. The summed E-state index contributed by atoms with van der Waals surface area (Å²) in [5.74, 6) is -0.736. The predicted molar refractivity (Wildman–Crippen MR) is 44.8 cm³/mol. The number of rotatable bonds is 2.